The topological polar surface area (TPSA) is 76.8 Å². The number of nitrogens with one attached hydrogen (secondary N) is 1. The lowest BCUT2D eigenvalue weighted by Gasteiger charge is -2.32. The Bertz CT molecular complexity index is 1030. The van der Waals surface area contributed by atoms with Crippen LogP contribution in [0.1, 0.15) is 40.6 Å². The Hall–Kier alpha value is -3.32. The fourth-order valence-corrected chi connectivity index (χ4v) is 4.04. The second kappa shape index (κ2) is 9.66. The van der Waals surface area contributed by atoms with Crippen molar-refractivity contribution in [3.8, 4) is 11.5 Å². The zero-order valence-electron chi connectivity index (χ0n) is 17.8. The van der Waals surface area contributed by atoms with Crippen LogP contribution in [0.3, 0.4) is 0 Å². The van der Waals surface area contributed by atoms with Crippen molar-refractivity contribution in [2.24, 2.45) is 0 Å². The smallest absolute Gasteiger partial charge is 0.294 e. The van der Waals surface area contributed by atoms with E-state index in [1.807, 2.05) is 30.3 Å². The van der Waals surface area contributed by atoms with Crippen LogP contribution < -0.4 is 14.8 Å². The molecule has 0 radical (unpaired) electrons. The van der Waals surface area contributed by atoms with Gasteiger partial charge in [0.15, 0.2) is 0 Å². The summed E-state index contributed by atoms with van der Waals surface area (Å²) in [7, 11) is 3.27. The highest BCUT2D eigenvalue weighted by molar-refractivity contribution is 6.03. The molecule has 0 saturated carbocycles. The van der Waals surface area contributed by atoms with Crippen LogP contribution in [-0.4, -0.2) is 43.3 Å². The van der Waals surface area contributed by atoms with Gasteiger partial charge in [0, 0.05) is 30.6 Å². The molecule has 0 aliphatic carbocycles. The minimum atomic E-state index is -0.343. The predicted molar refractivity (Wildman–Crippen MR) is 118 cm³/mol. The Morgan fingerprint density at radius 2 is 1.87 bits per heavy atom. The number of nitrogens with zero attached hydrogens (tertiary/aromatic N) is 2. The monoisotopic (exact) mass is 421 g/mol. The number of para-hydroxylation sites is 3. The maximum absolute atomic E-state index is 12.6. The van der Waals surface area contributed by atoms with Gasteiger partial charge in [-0.15, -0.1) is 0 Å². The lowest BCUT2D eigenvalue weighted by molar-refractivity contribution is 0.0987. The molecular formula is C24H27N3O4. The molecule has 3 aromatic rings. The Kier molecular flexibility index (Phi) is 6.52. The molecule has 1 fully saturated rings. The van der Waals surface area contributed by atoms with Gasteiger partial charge in [0.2, 0.25) is 5.76 Å². The van der Waals surface area contributed by atoms with E-state index in [9.17, 15) is 4.79 Å². The first-order chi connectivity index (χ1) is 15.2. The number of benzene rings is 2. The summed E-state index contributed by atoms with van der Waals surface area (Å²) in [6.45, 7) is 2.70. The quantitative estimate of drug-likeness (QED) is 0.612. The van der Waals surface area contributed by atoms with E-state index in [2.05, 4.69) is 21.4 Å². The average molecular weight is 421 g/mol. The molecule has 1 atom stereocenters. The number of carbonyl (C=O) groups excluding carboxylic acids is 1. The average Bonchev–Trinajstić information content (AvgIpc) is 3.31. The van der Waals surface area contributed by atoms with E-state index in [-0.39, 0.29) is 17.6 Å². The van der Waals surface area contributed by atoms with E-state index in [4.69, 9.17) is 14.0 Å². The standard InChI is InChI=1S/C24H27N3O4/c1-29-21-11-5-3-8-18(21)16-27-13-7-9-17(15-27)20-14-23(31-26-20)24(28)25-19-10-4-6-12-22(19)30-2/h3-6,8,10-12,14,17H,7,9,13,15-16H2,1-2H3,(H,25,28)/t17-/m1/s1. The number of rotatable bonds is 7. The van der Waals surface area contributed by atoms with Gasteiger partial charge in [-0.1, -0.05) is 35.5 Å². The van der Waals surface area contributed by atoms with Crippen molar-refractivity contribution in [2.75, 3.05) is 32.6 Å². The SMILES string of the molecule is COc1ccccc1CN1CCC[C@@H](c2cc(C(=O)Nc3ccccc3OC)on2)C1. The number of piperidine rings is 1. The largest absolute Gasteiger partial charge is 0.496 e. The lowest BCUT2D eigenvalue weighted by atomic mass is 9.94. The number of hydrogen-bond acceptors (Lipinski definition) is 6. The first kappa shape index (κ1) is 20.9. The minimum absolute atomic E-state index is 0.197. The molecule has 1 N–H and O–H groups in total. The van der Waals surface area contributed by atoms with Crippen molar-refractivity contribution in [3.05, 3.63) is 71.6 Å². The van der Waals surface area contributed by atoms with Gasteiger partial charge in [0.1, 0.15) is 11.5 Å². The summed E-state index contributed by atoms with van der Waals surface area (Å²) in [5, 5.41) is 7.03. The molecule has 1 aliphatic heterocycles. The Morgan fingerprint density at radius 3 is 2.68 bits per heavy atom. The number of methoxy groups -OCH3 is 2. The Labute approximate surface area is 181 Å². The zero-order valence-corrected chi connectivity index (χ0v) is 17.8. The van der Waals surface area contributed by atoms with Crippen LogP contribution in [0.5, 0.6) is 11.5 Å². The summed E-state index contributed by atoms with van der Waals surface area (Å²) < 4.78 is 16.1. The molecule has 1 amide bonds. The molecule has 1 aromatic heterocycles. The molecule has 0 bridgehead atoms. The number of amides is 1. The summed E-state index contributed by atoms with van der Waals surface area (Å²) >= 11 is 0. The molecule has 2 aromatic carbocycles. The van der Waals surface area contributed by atoms with Crippen LogP contribution in [0.2, 0.25) is 0 Å². The molecule has 7 heteroatoms. The van der Waals surface area contributed by atoms with Crippen molar-refractivity contribution in [2.45, 2.75) is 25.3 Å². The first-order valence-electron chi connectivity index (χ1n) is 10.4. The van der Waals surface area contributed by atoms with Gasteiger partial charge < -0.3 is 19.3 Å². The summed E-state index contributed by atoms with van der Waals surface area (Å²) in [6, 6.07) is 17.1. The number of likely N-dealkylation sites (tertiary alicyclic amines) is 1. The fourth-order valence-electron chi connectivity index (χ4n) is 4.04. The Morgan fingerprint density at radius 1 is 1.13 bits per heavy atom. The van der Waals surface area contributed by atoms with Crippen molar-refractivity contribution in [3.63, 3.8) is 0 Å². The number of aromatic nitrogens is 1. The molecule has 4 rings (SSSR count). The predicted octanol–water partition coefficient (Wildman–Crippen LogP) is 4.32. The van der Waals surface area contributed by atoms with Crippen LogP contribution in [0.15, 0.2) is 59.1 Å². The van der Waals surface area contributed by atoms with E-state index >= 15 is 0 Å². The van der Waals surface area contributed by atoms with Crippen molar-refractivity contribution >= 4 is 11.6 Å². The van der Waals surface area contributed by atoms with Gasteiger partial charge in [0.25, 0.3) is 5.91 Å². The van der Waals surface area contributed by atoms with E-state index in [1.165, 1.54) is 5.56 Å². The van der Waals surface area contributed by atoms with Crippen LogP contribution >= 0.6 is 0 Å². The number of carbonyl (C=O) groups is 1. The Balaban J connectivity index is 1.41. The third-order valence-corrected chi connectivity index (χ3v) is 5.62. The highest BCUT2D eigenvalue weighted by Gasteiger charge is 2.26. The van der Waals surface area contributed by atoms with Crippen LogP contribution in [0.4, 0.5) is 5.69 Å². The first-order valence-corrected chi connectivity index (χ1v) is 10.4. The molecule has 7 nitrogen and oxygen atoms in total. The van der Waals surface area contributed by atoms with Crippen LogP contribution in [0, 0.1) is 0 Å². The minimum Gasteiger partial charge on any atom is -0.496 e. The third kappa shape index (κ3) is 4.88. The van der Waals surface area contributed by atoms with E-state index < -0.39 is 0 Å². The highest BCUT2D eigenvalue weighted by atomic mass is 16.5. The van der Waals surface area contributed by atoms with Crippen LogP contribution in [0.25, 0.3) is 0 Å². The maximum atomic E-state index is 12.6. The molecule has 0 spiro atoms. The molecule has 162 valence electrons. The second-order valence-electron chi connectivity index (χ2n) is 7.66. The summed E-state index contributed by atoms with van der Waals surface area (Å²) in [5.74, 6) is 1.57. The van der Waals surface area contributed by atoms with Gasteiger partial charge in [-0.2, -0.15) is 0 Å². The third-order valence-electron chi connectivity index (χ3n) is 5.62. The van der Waals surface area contributed by atoms with E-state index in [0.29, 0.717) is 11.4 Å². The van der Waals surface area contributed by atoms with Crippen molar-refractivity contribution in [1.82, 2.24) is 10.1 Å². The fraction of sp³-hybridized carbons (Fsp3) is 0.333. The maximum Gasteiger partial charge on any atom is 0.294 e. The van der Waals surface area contributed by atoms with E-state index in [1.54, 1.807) is 32.4 Å². The second-order valence-corrected chi connectivity index (χ2v) is 7.66. The summed E-state index contributed by atoms with van der Waals surface area (Å²) in [4.78, 5) is 15.0. The van der Waals surface area contributed by atoms with Gasteiger partial charge in [0.05, 0.1) is 25.6 Å². The molecular weight excluding hydrogens is 394 g/mol. The van der Waals surface area contributed by atoms with Crippen molar-refractivity contribution < 1.29 is 18.8 Å². The molecule has 0 unspecified atom stereocenters. The summed E-state index contributed by atoms with van der Waals surface area (Å²) in [5.41, 5.74) is 2.58. The van der Waals surface area contributed by atoms with Gasteiger partial charge in [-0.05, 0) is 37.6 Å². The molecule has 1 saturated heterocycles. The normalized spacial score (nSPS) is 16.6. The number of anilines is 1. The van der Waals surface area contributed by atoms with Crippen molar-refractivity contribution in [1.29, 1.82) is 0 Å². The number of hydrogen-bond donors (Lipinski definition) is 1. The van der Waals surface area contributed by atoms with Gasteiger partial charge in [-0.3, -0.25) is 9.69 Å². The molecule has 2 heterocycles. The molecule has 31 heavy (non-hydrogen) atoms. The highest BCUT2D eigenvalue weighted by Crippen LogP contribution is 2.30. The van der Waals surface area contributed by atoms with Crippen LogP contribution in [-0.2, 0) is 6.54 Å². The lowest BCUT2D eigenvalue weighted by Crippen LogP contribution is -2.34. The molecule has 1 aliphatic rings. The number of ether oxygens (including phenoxy) is 2. The zero-order chi connectivity index (χ0) is 21.6. The van der Waals surface area contributed by atoms with Gasteiger partial charge in [-0.25, -0.2) is 0 Å². The summed E-state index contributed by atoms with van der Waals surface area (Å²) in [6.07, 6.45) is 2.08. The van der Waals surface area contributed by atoms with E-state index in [0.717, 1.165) is 43.9 Å². The van der Waals surface area contributed by atoms with Gasteiger partial charge >= 0.3 is 0 Å².